The molecular formula is C29H26Cl2FNO4. The van der Waals surface area contributed by atoms with Crippen LogP contribution in [0, 0.1) is 5.82 Å². The van der Waals surface area contributed by atoms with Crippen LogP contribution in [0.25, 0.3) is 5.76 Å². The zero-order valence-electron chi connectivity index (χ0n) is 20.8. The van der Waals surface area contributed by atoms with E-state index in [0.29, 0.717) is 17.9 Å². The van der Waals surface area contributed by atoms with Crippen LogP contribution in [0.2, 0.25) is 10.0 Å². The molecule has 1 atom stereocenters. The molecule has 1 saturated heterocycles. The van der Waals surface area contributed by atoms with Crippen molar-refractivity contribution in [3.8, 4) is 5.75 Å². The molecule has 0 bridgehead atoms. The lowest BCUT2D eigenvalue weighted by atomic mass is 9.84. The van der Waals surface area contributed by atoms with E-state index in [-0.39, 0.29) is 32.3 Å². The molecule has 1 fully saturated rings. The van der Waals surface area contributed by atoms with E-state index < -0.39 is 29.3 Å². The third-order valence-corrected chi connectivity index (χ3v) is 6.93. The van der Waals surface area contributed by atoms with E-state index >= 15 is 4.39 Å². The maximum atomic E-state index is 15.1. The summed E-state index contributed by atoms with van der Waals surface area (Å²) in [4.78, 5) is 27.8. The maximum absolute atomic E-state index is 15.1. The van der Waals surface area contributed by atoms with Gasteiger partial charge in [-0.3, -0.25) is 14.5 Å². The third-order valence-electron chi connectivity index (χ3n) is 6.19. The highest BCUT2D eigenvalue weighted by Crippen LogP contribution is 2.44. The van der Waals surface area contributed by atoms with Gasteiger partial charge in [-0.2, -0.15) is 0 Å². The van der Waals surface area contributed by atoms with Gasteiger partial charge in [0.05, 0.1) is 28.3 Å². The fourth-order valence-electron chi connectivity index (χ4n) is 4.43. The molecule has 1 heterocycles. The first-order valence-electron chi connectivity index (χ1n) is 11.7. The second kappa shape index (κ2) is 10.2. The molecule has 1 N–H and O–H groups in total. The van der Waals surface area contributed by atoms with E-state index in [4.69, 9.17) is 27.9 Å². The average molecular weight is 542 g/mol. The van der Waals surface area contributed by atoms with E-state index in [0.717, 1.165) is 10.5 Å². The van der Waals surface area contributed by atoms with E-state index in [1.807, 2.05) is 27.7 Å². The number of aliphatic hydroxyl groups is 1. The number of rotatable bonds is 5. The maximum Gasteiger partial charge on any atom is 0.300 e. The number of amides is 1. The van der Waals surface area contributed by atoms with Gasteiger partial charge in [-0.25, -0.2) is 4.39 Å². The van der Waals surface area contributed by atoms with E-state index in [2.05, 4.69) is 0 Å². The quantitative estimate of drug-likeness (QED) is 0.207. The van der Waals surface area contributed by atoms with Crippen molar-refractivity contribution in [1.82, 2.24) is 0 Å². The predicted molar refractivity (Wildman–Crippen MR) is 144 cm³/mol. The molecule has 1 aliphatic rings. The minimum Gasteiger partial charge on any atom is -0.507 e. The number of anilines is 1. The van der Waals surface area contributed by atoms with Gasteiger partial charge in [0.25, 0.3) is 11.7 Å². The Kier molecular flexibility index (Phi) is 7.36. The van der Waals surface area contributed by atoms with E-state index in [1.54, 1.807) is 24.3 Å². The molecule has 3 aromatic carbocycles. The molecule has 0 saturated carbocycles. The minimum absolute atomic E-state index is 0.0521. The van der Waals surface area contributed by atoms with Crippen molar-refractivity contribution >= 4 is 46.3 Å². The summed E-state index contributed by atoms with van der Waals surface area (Å²) in [5, 5.41) is 11.9. The molecule has 0 radical (unpaired) electrons. The minimum atomic E-state index is -1.23. The van der Waals surface area contributed by atoms with Gasteiger partial charge >= 0.3 is 0 Å². The smallest absolute Gasteiger partial charge is 0.300 e. The number of hydrogen-bond donors (Lipinski definition) is 1. The van der Waals surface area contributed by atoms with Crippen molar-refractivity contribution in [3.63, 3.8) is 0 Å². The van der Waals surface area contributed by atoms with Gasteiger partial charge in [0, 0.05) is 22.4 Å². The van der Waals surface area contributed by atoms with Crippen molar-refractivity contribution in [3.05, 3.63) is 98.8 Å². The largest absolute Gasteiger partial charge is 0.507 e. The highest BCUT2D eigenvalue weighted by atomic mass is 35.5. The van der Waals surface area contributed by atoms with Gasteiger partial charge in [0.15, 0.2) is 0 Å². The van der Waals surface area contributed by atoms with Gasteiger partial charge in [-0.05, 0) is 54.8 Å². The number of halogens is 3. The van der Waals surface area contributed by atoms with Crippen LogP contribution in [0.5, 0.6) is 5.75 Å². The normalized spacial score (nSPS) is 17.4. The fraction of sp³-hybridized carbons (Fsp3) is 0.241. The van der Waals surface area contributed by atoms with Crippen molar-refractivity contribution in [2.45, 2.75) is 39.2 Å². The van der Waals surface area contributed by atoms with Crippen LogP contribution in [-0.4, -0.2) is 23.4 Å². The zero-order valence-corrected chi connectivity index (χ0v) is 22.3. The molecule has 0 aromatic heterocycles. The number of carbonyl (C=O) groups excluding carboxylic acids is 2. The highest BCUT2D eigenvalue weighted by molar-refractivity contribution is 6.52. The number of hydrogen-bond acceptors (Lipinski definition) is 4. The van der Waals surface area contributed by atoms with Crippen molar-refractivity contribution in [1.29, 1.82) is 0 Å². The van der Waals surface area contributed by atoms with Crippen molar-refractivity contribution in [2.75, 3.05) is 11.5 Å². The van der Waals surface area contributed by atoms with Gasteiger partial charge in [-0.15, -0.1) is 0 Å². The number of nitrogens with zero attached hydrogens (tertiary/aromatic N) is 1. The van der Waals surface area contributed by atoms with Crippen molar-refractivity contribution < 1.29 is 23.8 Å². The molecule has 192 valence electrons. The summed E-state index contributed by atoms with van der Waals surface area (Å²) in [6.45, 7) is 8.32. The molecule has 5 nitrogen and oxygen atoms in total. The van der Waals surface area contributed by atoms with Crippen LogP contribution < -0.4 is 9.64 Å². The lowest BCUT2D eigenvalue weighted by Gasteiger charge is -2.26. The SMILES string of the molecule is CCOc1ccc(/C(O)=C2\C(=O)C(=O)N(c3ccc(Cl)c(Cl)c3)C2c2ccccc2F)cc1C(C)(C)C. The molecule has 0 spiro atoms. The second-order valence-corrected chi connectivity index (χ2v) is 10.5. The summed E-state index contributed by atoms with van der Waals surface area (Å²) in [5.41, 5.74) is 0.826. The van der Waals surface area contributed by atoms with Crippen LogP contribution >= 0.6 is 23.2 Å². The van der Waals surface area contributed by atoms with Gasteiger partial charge in [0.2, 0.25) is 0 Å². The van der Waals surface area contributed by atoms with Crippen LogP contribution in [0.3, 0.4) is 0 Å². The fourth-order valence-corrected chi connectivity index (χ4v) is 4.72. The monoisotopic (exact) mass is 541 g/mol. The average Bonchev–Trinajstić information content (AvgIpc) is 3.10. The molecule has 37 heavy (non-hydrogen) atoms. The molecular weight excluding hydrogens is 516 g/mol. The molecule has 4 rings (SSSR count). The number of Topliss-reactive ketones (excluding diaryl/α,β-unsaturated/α-hetero) is 1. The van der Waals surface area contributed by atoms with E-state index in [9.17, 15) is 14.7 Å². The Hall–Kier alpha value is -3.35. The Labute approximate surface area is 225 Å². The summed E-state index contributed by atoms with van der Waals surface area (Å²) in [6, 6.07) is 14.1. The van der Waals surface area contributed by atoms with Crippen LogP contribution in [0.1, 0.15) is 50.4 Å². The number of benzene rings is 3. The molecule has 0 aliphatic carbocycles. The zero-order chi connectivity index (χ0) is 27.1. The predicted octanol–water partition coefficient (Wildman–Crippen LogP) is 7.46. The number of ether oxygens (including phenoxy) is 1. The first kappa shape index (κ1) is 26.7. The Morgan fingerprint density at radius 3 is 2.35 bits per heavy atom. The summed E-state index contributed by atoms with van der Waals surface area (Å²) >= 11 is 12.2. The standard InChI is InChI=1S/C29H26Cl2FNO4/c1-5-37-23-13-10-16(14-19(23)29(2,3)4)26(34)24-25(18-8-6-7-9-22(18)32)33(28(36)27(24)35)17-11-12-20(30)21(31)15-17/h6-15,25,34H,5H2,1-4H3/b26-24+. The summed E-state index contributed by atoms with van der Waals surface area (Å²) in [6.07, 6.45) is 0. The molecule has 8 heteroatoms. The van der Waals surface area contributed by atoms with Crippen LogP contribution in [0.15, 0.2) is 66.2 Å². The topological polar surface area (TPSA) is 66.8 Å². The first-order valence-corrected chi connectivity index (χ1v) is 12.5. The van der Waals surface area contributed by atoms with Gasteiger partial charge < -0.3 is 9.84 Å². The molecule has 1 unspecified atom stereocenters. The Morgan fingerprint density at radius 2 is 1.73 bits per heavy atom. The molecule has 1 aliphatic heterocycles. The summed E-state index contributed by atoms with van der Waals surface area (Å²) in [5.74, 6) is -2.26. The third kappa shape index (κ3) is 4.96. The van der Waals surface area contributed by atoms with Crippen LogP contribution in [-0.2, 0) is 15.0 Å². The summed E-state index contributed by atoms with van der Waals surface area (Å²) in [7, 11) is 0. The highest BCUT2D eigenvalue weighted by Gasteiger charge is 2.48. The number of carbonyl (C=O) groups is 2. The summed E-state index contributed by atoms with van der Waals surface area (Å²) < 4.78 is 20.9. The first-order chi connectivity index (χ1) is 17.5. The lowest BCUT2D eigenvalue weighted by Crippen LogP contribution is -2.29. The Balaban J connectivity index is 1.97. The number of aliphatic hydroxyl groups excluding tert-OH is 1. The van der Waals surface area contributed by atoms with Crippen molar-refractivity contribution in [2.24, 2.45) is 0 Å². The van der Waals surface area contributed by atoms with Gasteiger partial charge in [-0.1, -0.05) is 62.2 Å². The molecule has 1 amide bonds. The van der Waals surface area contributed by atoms with Gasteiger partial charge in [0.1, 0.15) is 17.3 Å². The second-order valence-electron chi connectivity index (χ2n) is 9.68. The Bertz CT molecular complexity index is 1430. The number of ketones is 1. The molecule has 3 aromatic rings. The lowest BCUT2D eigenvalue weighted by molar-refractivity contribution is -0.132. The van der Waals surface area contributed by atoms with E-state index in [1.165, 1.54) is 36.4 Å². The Morgan fingerprint density at radius 1 is 1.03 bits per heavy atom. The van der Waals surface area contributed by atoms with Crippen LogP contribution in [0.4, 0.5) is 10.1 Å².